The van der Waals surface area contributed by atoms with Crippen LogP contribution in [0.4, 0.5) is 0 Å². The highest BCUT2D eigenvalue weighted by Crippen LogP contribution is 2.72. The van der Waals surface area contributed by atoms with E-state index in [1.54, 1.807) is 0 Å². The van der Waals surface area contributed by atoms with Crippen LogP contribution in [0.5, 0.6) is 0 Å². The summed E-state index contributed by atoms with van der Waals surface area (Å²) in [6.07, 6.45) is 12.2. The molecule has 0 aromatic rings. The highest BCUT2D eigenvalue weighted by molar-refractivity contribution is 5.15. The Morgan fingerprint density at radius 1 is 0.857 bits per heavy atom. The third-order valence-electron chi connectivity index (χ3n) is 8.79. The van der Waals surface area contributed by atoms with Crippen molar-refractivity contribution >= 4 is 0 Å². The zero-order valence-corrected chi connectivity index (χ0v) is 14.5. The molecule has 0 saturated heterocycles. The topological polar surface area (TPSA) is 20.2 Å². The highest BCUT2D eigenvalue weighted by Gasteiger charge is 2.65. The molecule has 0 aromatic carbocycles. The molecule has 0 aliphatic heterocycles. The summed E-state index contributed by atoms with van der Waals surface area (Å²) in [7, 11) is 0. The Bertz CT molecular complexity index is 451. The van der Waals surface area contributed by atoms with Gasteiger partial charge in [0.15, 0.2) is 0 Å². The van der Waals surface area contributed by atoms with Crippen molar-refractivity contribution in [3.8, 4) is 0 Å². The van der Waals surface area contributed by atoms with Gasteiger partial charge in [0.2, 0.25) is 0 Å². The number of fused-ring (bicyclic) bond motifs is 3. The molecule has 0 aromatic heterocycles. The van der Waals surface area contributed by atoms with E-state index in [1.807, 2.05) is 0 Å². The average Bonchev–Trinajstić information content (AvgIpc) is 2.53. The summed E-state index contributed by atoms with van der Waals surface area (Å²) in [5.41, 5.74) is 1.20. The molecule has 21 heavy (non-hydrogen) atoms. The van der Waals surface area contributed by atoms with Crippen molar-refractivity contribution in [3.05, 3.63) is 0 Å². The third-order valence-corrected chi connectivity index (χ3v) is 8.79. The summed E-state index contributed by atoms with van der Waals surface area (Å²) in [4.78, 5) is 0. The van der Waals surface area contributed by atoms with Crippen LogP contribution in [-0.4, -0.2) is 10.7 Å². The van der Waals surface area contributed by atoms with Gasteiger partial charge in [-0.1, -0.05) is 27.2 Å². The third kappa shape index (κ3) is 1.79. The van der Waals surface area contributed by atoms with Crippen molar-refractivity contribution in [3.63, 3.8) is 0 Å². The first-order chi connectivity index (χ1) is 9.70. The fraction of sp³-hybridized carbons (Fsp3) is 1.00. The van der Waals surface area contributed by atoms with E-state index >= 15 is 0 Å². The SMILES string of the molecule is CC1(C)CCC[C@@]2(C)[C@H]1CC[C@]13C[C@H](CC[C@@H]12)[C@@](C)(O)C3. The molecule has 0 unspecified atom stereocenters. The van der Waals surface area contributed by atoms with Gasteiger partial charge in [-0.2, -0.15) is 0 Å². The summed E-state index contributed by atoms with van der Waals surface area (Å²) < 4.78 is 0. The van der Waals surface area contributed by atoms with Crippen LogP contribution in [0.1, 0.15) is 85.5 Å². The predicted molar refractivity (Wildman–Crippen MR) is 87.0 cm³/mol. The normalized spacial score (nSPS) is 58.4. The van der Waals surface area contributed by atoms with Crippen molar-refractivity contribution in [2.75, 3.05) is 0 Å². The van der Waals surface area contributed by atoms with Crippen LogP contribution in [0.3, 0.4) is 0 Å². The number of hydrogen-bond acceptors (Lipinski definition) is 1. The average molecular weight is 290 g/mol. The van der Waals surface area contributed by atoms with Gasteiger partial charge < -0.3 is 5.11 Å². The molecular weight excluding hydrogens is 256 g/mol. The van der Waals surface area contributed by atoms with E-state index in [1.165, 1.54) is 51.4 Å². The molecule has 6 atom stereocenters. The lowest BCUT2D eigenvalue weighted by Gasteiger charge is -2.64. The molecule has 4 fully saturated rings. The Morgan fingerprint density at radius 3 is 2.38 bits per heavy atom. The molecule has 4 rings (SSSR count). The Kier molecular flexibility index (Phi) is 2.82. The van der Waals surface area contributed by atoms with Gasteiger partial charge in [-0.3, -0.25) is 0 Å². The quantitative estimate of drug-likeness (QED) is 0.652. The number of hydrogen-bond donors (Lipinski definition) is 1. The standard InChI is InChI=1S/C20H34O/c1-17(2)9-5-10-18(3)15(17)8-11-20-12-14(6-7-16(18)20)19(4,21)13-20/h14-16,21H,5-13H2,1-4H3/t14-,15-,16+,18-,19-,20+/m0/s1. The van der Waals surface area contributed by atoms with Gasteiger partial charge in [-0.15, -0.1) is 0 Å². The molecule has 0 radical (unpaired) electrons. The lowest BCUT2D eigenvalue weighted by Crippen LogP contribution is -2.55. The van der Waals surface area contributed by atoms with Gasteiger partial charge in [0.05, 0.1) is 5.60 Å². The molecule has 1 spiro atoms. The minimum atomic E-state index is -0.373. The predicted octanol–water partition coefficient (Wildman–Crippen LogP) is 5.17. The first-order valence-corrected chi connectivity index (χ1v) is 9.42. The van der Waals surface area contributed by atoms with Crippen molar-refractivity contribution in [2.45, 2.75) is 91.1 Å². The van der Waals surface area contributed by atoms with E-state index in [0.29, 0.717) is 22.2 Å². The molecular formula is C20H34O. The van der Waals surface area contributed by atoms with Crippen molar-refractivity contribution in [1.82, 2.24) is 0 Å². The van der Waals surface area contributed by atoms with Crippen LogP contribution in [0.15, 0.2) is 0 Å². The van der Waals surface area contributed by atoms with Crippen LogP contribution < -0.4 is 0 Å². The van der Waals surface area contributed by atoms with Gasteiger partial charge in [0, 0.05) is 0 Å². The van der Waals surface area contributed by atoms with Crippen LogP contribution in [0.25, 0.3) is 0 Å². The molecule has 1 N–H and O–H groups in total. The van der Waals surface area contributed by atoms with E-state index < -0.39 is 0 Å². The lowest BCUT2D eigenvalue weighted by molar-refractivity contribution is -0.145. The minimum Gasteiger partial charge on any atom is -0.390 e. The second kappa shape index (κ2) is 4.08. The van der Waals surface area contributed by atoms with Gasteiger partial charge in [0.1, 0.15) is 0 Å². The fourth-order valence-corrected chi connectivity index (χ4v) is 8.12. The summed E-state index contributed by atoms with van der Waals surface area (Å²) in [6.45, 7) is 9.83. The Balaban J connectivity index is 1.73. The number of aliphatic hydroxyl groups is 1. The van der Waals surface area contributed by atoms with E-state index in [0.717, 1.165) is 18.3 Å². The maximum Gasteiger partial charge on any atom is 0.0653 e. The molecule has 1 heteroatoms. The van der Waals surface area contributed by atoms with Gasteiger partial charge in [-0.25, -0.2) is 0 Å². The van der Waals surface area contributed by atoms with Crippen molar-refractivity contribution < 1.29 is 5.11 Å². The smallest absolute Gasteiger partial charge is 0.0653 e. The maximum absolute atomic E-state index is 10.9. The Hall–Kier alpha value is -0.0400. The first-order valence-electron chi connectivity index (χ1n) is 9.42. The van der Waals surface area contributed by atoms with Crippen LogP contribution in [-0.2, 0) is 0 Å². The second-order valence-corrected chi connectivity index (χ2v) is 10.4. The Morgan fingerprint density at radius 2 is 1.62 bits per heavy atom. The van der Waals surface area contributed by atoms with E-state index in [2.05, 4.69) is 27.7 Å². The minimum absolute atomic E-state index is 0.373. The molecule has 4 saturated carbocycles. The van der Waals surface area contributed by atoms with Crippen molar-refractivity contribution in [2.24, 2.45) is 34.0 Å². The molecule has 120 valence electrons. The van der Waals surface area contributed by atoms with E-state index in [9.17, 15) is 5.11 Å². The summed E-state index contributed by atoms with van der Waals surface area (Å²) in [6, 6.07) is 0. The largest absolute Gasteiger partial charge is 0.390 e. The zero-order chi connectivity index (χ0) is 15.1. The molecule has 4 aliphatic carbocycles. The zero-order valence-electron chi connectivity index (χ0n) is 14.5. The molecule has 1 nitrogen and oxygen atoms in total. The van der Waals surface area contributed by atoms with Crippen LogP contribution >= 0.6 is 0 Å². The summed E-state index contributed by atoms with van der Waals surface area (Å²) in [5.74, 6) is 2.38. The highest BCUT2D eigenvalue weighted by atomic mass is 16.3. The van der Waals surface area contributed by atoms with Crippen LogP contribution in [0.2, 0.25) is 0 Å². The second-order valence-electron chi connectivity index (χ2n) is 10.4. The molecule has 0 amide bonds. The van der Waals surface area contributed by atoms with Gasteiger partial charge in [0.25, 0.3) is 0 Å². The first kappa shape index (κ1) is 14.5. The summed E-state index contributed by atoms with van der Waals surface area (Å²) >= 11 is 0. The number of rotatable bonds is 0. The lowest BCUT2D eigenvalue weighted by atomic mass is 9.41. The van der Waals surface area contributed by atoms with Crippen molar-refractivity contribution in [1.29, 1.82) is 0 Å². The van der Waals surface area contributed by atoms with Crippen LogP contribution in [0, 0.1) is 34.0 Å². The molecule has 2 bridgehead atoms. The molecule has 4 aliphatic rings. The summed E-state index contributed by atoms with van der Waals surface area (Å²) in [5, 5.41) is 10.9. The molecule has 0 heterocycles. The monoisotopic (exact) mass is 290 g/mol. The van der Waals surface area contributed by atoms with Gasteiger partial charge in [-0.05, 0) is 92.3 Å². The van der Waals surface area contributed by atoms with E-state index in [4.69, 9.17) is 0 Å². The van der Waals surface area contributed by atoms with E-state index in [-0.39, 0.29) is 5.60 Å². The Labute approximate surface area is 130 Å². The maximum atomic E-state index is 10.9. The van der Waals surface area contributed by atoms with Gasteiger partial charge >= 0.3 is 0 Å². The fourth-order valence-electron chi connectivity index (χ4n) is 8.12.